The first-order chi connectivity index (χ1) is 19.0. The van der Waals surface area contributed by atoms with Crippen LogP contribution < -0.4 is 16.1 Å². The van der Waals surface area contributed by atoms with E-state index in [1.54, 1.807) is 33.0 Å². The Morgan fingerprint density at radius 2 is 1.88 bits per heavy atom. The minimum atomic E-state index is -1.04. The number of carbonyl (C=O) groups is 4. The van der Waals surface area contributed by atoms with Crippen LogP contribution in [0.5, 0.6) is 0 Å². The molecule has 3 N–H and O–H groups in total. The molecule has 1 saturated heterocycles. The van der Waals surface area contributed by atoms with E-state index >= 15 is 0 Å². The van der Waals surface area contributed by atoms with Gasteiger partial charge in [-0.15, -0.1) is 6.58 Å². The number of hydrogen-bond acceptors (Lipinski definition) is 7. The van der Waals surface area contributed by atoms with Gasteiger partial charge in [0.15, 0.2) is 6.10 Å². The molecule has 3 rings (SSSR count). The summed E-state index contributed by atoms with van der Waals surface area (Å²) in [6.45, 7) is 14.6. The zero-order chi connectivity index (χ0) is 29.4. The standard InChI is InChI=1S/C30H39N5O5/c1-7-10-26(36)40-27(18(3)4)29(38)33-20(6)30(39)35-14-9-11-25(34-35)28(37)32-19(5)21-12-13-22-17-31-24(8-2)16-23(22)15-21/h7-8,12-13,15-20,25,27,34H,1-2,9-11,14H2,3-6H3,(H,32,37)(H,33,38)/t19-,20?,25?,27?/m1/s1. The van der Waals surface area contributed by atoms with E-state index in [0.29, 0.717) is 19.4 Å². The lowest BCUT2D eigenvalue weighted by molar-refractivity contribution is -0.158. The molecule has 1 aromatic heterocycles. The molecule has 0 saturated carbocycles. The lowest BCUT2D eigenvalue weighted by Crippen LogP contribution is -2.61. The van der Waals surface area contributed by atoms with Crippen LogP contribution in [0.2, 0.25) is 0 Å². The van der Waals surface area contributed by atoms with Gasteiger partial charge in [0.25, 0.3) is 11.8 Å². The molecule has 1 fully saturated rings. The number of hydrogen-bond donors (Lipinski definition) is 3. The Morgan fingerprint density at radius 1 is 1.12 bits per heavy atom. The van der Waals surface area contributed by atoms with E-state index in [1.165, 1.54) is 11.1 Å². The minimum Gasteiger partial charge on any atom is -0.452 e. The van der Waals surface area contributed by atoms with Crippen molar-refractivity contribution in [1.29, 1.82) is 0 Å². The van der Waals surface area contributed by atoms with Crippen LogP contribution in [0.1, 0.15) is 64.3 Å². The number of nitrogens with one attached hydrogen (secondary N) is 3. The third-order valence-electron chi connectivity index (χ3n) is 6.77. The van der Waals surface area contributed by atoms with Crippen molar-refractivity contribution < 1.29 is 23.9 Å². The Hall–Kier alpha value is -4.05. The molecule has 10 nitrogen and oxygen atoms in total. The van der Waals surface area contributed by atoms with E-state index in [-0.39, 0.29) is 30.2 Å². The number of pyridine rings is 1. The third kappa shape index (κ3) is 7.75. The summed E-state index contributed by atoms with van der Waals surface area (Å²) in [6.07, 6.45) is 5.01. The van der Waals surface area contributed by atoms with Gasteiger partial charge < -0.3 is 15.4 Å². The van der Waals surface area contributed by atoms with E-state index in [1.807, 2.05) is 31.2 Å². The van der Waals surface area contributed by atoms with Crippen molar-refractivity contribution in [3.63, 3.8) is 0 Å². The largest absolute Gasteiger partial charge is 0.452 e. The van der Waals surface area contributed by atoms with Crippen LogP contribution in [0.4, 0.5) is 0 Å². The Labute approximate surface area is 235 Å². The number of ether oxygens (including phenoxy) is 1. The van der Waals surface area contributed by atoms with Gasteiger partial charge in [0.2, 0.25) is 5.91 Å². The van der Waals surface area contributed by atoms with E-state index in [4.69, 9.17) is 4.74 Å². The predicted octanol–water partition coefficient (Wildman–Crippen LogP) is 3.20. The number of carbonyl (C=O) groups excluding carboxylic acids is 4. The van der Waals surface area contributed by atoms with Gasteiger partial charge in [-0.3, -0.25) is 29.2 Å². The number of aromatic nitrogens is 1. The third-order valence-corrected chi connectivity index (χ3v) is 6.77. The van der Waals surface area contributed by atoms with Gasteiger partial charge in [-0.2, -0.15) is 0 Å². The summed E-state index contributed by atoms with van der Waals surface area (Å²) in [5, 5.41) is 9.04. The molecule has 40 heavy (non-hydrogen) atoms. The molecular weight excluding hydrogens is 510 g/mol. The molecule has 2 aromatic rings. The van der Waals surface area contributed by atoms with E-state index in [2.05, 4.69) is 34.2 Å². The fraction of sp³-hybridized carbons (Fsp3) is 0.433. The van der Waals surface area contributed by atoms with Gasteiger partial charge in [0.05, 0.1) is 18.2 Å². The highest BCUT2D eigenvalue weighted by Gasteiger charge is 2.33. The van der Waals surface area contributed by atoms with Crippen LogP contribution in [0, 0.1) is 5.92 Å². The molecule has 0 aliphatic carbocycles. The number of esters is 1. The molecule has 2 heterocycles. The first-order valence-electron chi connectivity index (χ1n) is 13.5. The van der Waals surface area contributed by atoms with Crippen LogP contribution in [0.3, 0.4) is 0 Å². The van der Waals surface area contributed by atoms with Crippen molar-refractivity contribution in [2.45, 2.75) is 71.2 Å². The van der Waals surface area contributed by atoms with Crippen molar-refractivity contribution in [1.82, 2.24) is 26.1 Å². The van der Waals surface area contributed by atoms with E-state index < -0.39 is 30.1 Å². The van der Waals surface area contributed by atoms with Crippen molar-refractivity contribution in [3.8, 4) is 0 Å². The summed E-state index contributed by atoms with van der Waals surface area (Å²) in [7, 11) is 0. The van der Waals surface area contributed by atoms with Gasteiger partial charge in [-0.05, 0) is 61.8 Å². The van der Waals surface area contributed by atoms with Gasteiger partial charge in [-0.25, -0.2) is 5.43 Å². The lowest BCUT2D eigenvalue weighted by Gasteiger charge is -2.35. The summed E-state index contributed by atoms with van der Waals surface area (Å²) in [5.41, 5.74) is 4.73. The number of amides is 3. The smallest absolute Gasteiger partial charge is 0.310 e. The lowest BCUT2D eigenvalue weighted by atomic mass is 10.0. The fourth-order valence-electron chi connectivity index (χ4n) is 4.48. The number of nitrogens with zero attached hydrogens (tertiary/aromatic N) is 2. The number of benzene rings is 1. The second kappa shape index (κ2) is 13.8. The molecular formula is C30H39N5O5. The van der Waals surface area contributed by atoms with Crippen LogP contribution >= 0.6 is 0 Å². The monoisotopic (exact) mass is 549 g/mol. The summed E-state index contributed by atoms with van der Waals surface area (Å²) in [4.78, 5) is 55.2. The Morgan fingerprint density at radius 3 is 2.55 bits per heavy atom. The highest BCUT2D eigenvalue weighted by molar-refractivity contribution is 5.91. The normalized spacial score (nSPS) is 17.4. The molecule has 4 atom stereocenters. The molecule has 10 heteroatoms. The zero-order valence-electron chi connectivity index (χ0n) is 23.6. The fourth-order valence-corrected chi connectivity index (χ4v) is 4.48. The molecule has 3 amide bonds. The second-order valence-corrected chi connectivity index (χ2v) is 10.3. The highest BCUT2D eigenvalue weighted by atomic mass is 16.5. The predicted molar refractivity (Wildman–Crippen MR) is 153 cm³/mol. The summed E-state index contributed by atoms with van der Waals surface area (Å²) in [6, 6.07) is 6.11. The minimum absolute atomic E-state index is 0.0145. The topological polar surface area (TPSA) is 130 Å². The number of rotatable bonds is 11. The van der Waals surface area contributed by atoms with Crippen LogP contribution in [-0.4, -0.2) is 58.4 Å². The Balaban J connectivity index is 1.59. The maximum absolute atomic E-state index is 13.1. The first-order valence-corrected chi connectivity index (χ1v) is 13.5. The quantitative estimate of drug-likeness (QED) is 0.290. The van der Waals surface area contributed by atoms with Gasteiger partial charge >= 0.3 is 5.97 Å². The highest BCUT2D eigenvalue weighted by Crippen LogP contribution is 2.21. The molecule has 0 spiro atoms. The first kappa shape index (κ1) is 30.5. The SMILES string of the molecule is C=CCC(=O)OC(C(=O)NC(C)C(=O)N1CCCC(C(=O)N[C@H](C)c2ccc3cnc(C=C)cc3c2)N1)C(C)C. The molecule has 0 bridgehead atoms. The van der Waals surface area contributed by atoms with Crippen LogP contribution in [0.25, 0.3) is 16.8 Å². The maximum atomic E-state index is 13.1. The van der Waals surface area contributed by atoms with Gasteiger partial charge in [0, 0.05) is 18.1 Å². The zero-order valence-corrected chi connectivity index (χ0v) is 23.6. The van der Waals surface area contributed by atoms with Crippen molar-refractivity contribution >= 4 is 40.5 Å². The number of hydrazine groups is 1. The average molecular weight is 550 g/mol. The van der Waals surface area contributed by atoms with Gasteiger partial charge in [-0.1, -0.05) is 38.6 Å². The molecule has 214 valence electrons. The Bertz CT molecular complexity index is 1280. The molecule has 1 aliphatic rings. The van der Waals surface area contributed by atoms with Crippen LogP contribution in [0.15, 0.2) is 49.7 Å². The Kier molecular flexibility index (Phi) is 10.6. The summed E-state index contributed by atoms with van der Waals surface area (Å²) >= 11 is 0. The molecule has 3 unspecified atom stereocenters. The molecule has 1 aliphatic heterocycles. The van der Waals surface area contributed by atoms with E-state index in [9.17, 15) is 19.2 Å². The van der Waals surface area contributed by atoms with Crippen molar-refractivity contribution in [2.24, 2.45) is 5.92 Å². The van der Waals surface area contributed by atoms with Crippen molar-refractivity contribution in [3.05, 3.63) is 61.0 Å². The molecule has 1 aromatic carbocycles. The average Bonchev–Trinajstić information content (AvgIpc) is 2.94. The summed E-state index contributed by atoms with van der Waals surface area (Å²) < 4.78 is 5.27. The van der Waals surface area contributed by atoms with E-state index in [0.717, 1.165) is 22.0 Å². The maximum Gasteiger partial charge on any atom is 0.310 e. The summed E-state index contributed by atoms with van der Waals surface area (Å²) in [5.74, 6) is -2.02. The van der Waals surface area contributed by atoms with Crippen molar-refractivity contribution in [2.75, 3.05) is 6.54 Å². The van der Waals surface area contributed by atoms with Crippen LogP contribution in [-0.2, 0) is 23.9 Å². The van der Waals surface area contributed by atoms with Gasteiger partial charge in [0.1, 0.15) is 12.1 Å². The second-order valence-electron chi connectivity index (χ2n) is 10.3. The number of fused-ring (bicyclic) bond motifs is 1. The molecule has 0 radical (unpaired) electrons.